The molecule has 4 heteroatoms. The molecular formula is C12H17ClN2O. The van der Waals surface area contributed by atoms with E-state index in [1.165, 1.54) is 0 Å². The lowest BCUT2D eigenvalue weighted by atomic mass is 10.1. The van der Waals surface area contributed by atoms with Crippen molar-refractivity contribution < 1.29 is 4.79 Å². The molecule has 1 aromatic carbocycles. The highest BCUT2D eigenvalue weighted by molar-refractivity contribution is 6.30. The molecule has 2 amide bonds. The third-order valence-corrected chi connectivity index (χ3v) is 2.24. The van der Waals surface area contributed by atoms with E-state index in [9.17, 15) is 4.79 Å². The minimum Gasteiger partial charge on any atom is -0.338 e. The van der Waals surface area contributed by atoms with Gasteiger partial charge in [-0.3, -0.25) is 0 Å². The molecule has 0 saturated carbocycles. The molecule has 0 fully saturated rings. The van der Waals surface area contributed by atoms with Crippen LogP contribution in [0.5, 0.6) is 0 Å². The number of urea groups is 1. The van der Waals surface area contributed by atoms with Gasteiger partial charge in [0.2, 0.25) is 0 Å². The smallest absolute Gasteiger partial charge is 0.314 e. The maximum absolute atomic E-state index is 11.3. The number of hydrogen-bond donors (Lipinski definition) is 2. The van der Waals surface area contributed by atoms with Crippen LogP contribution in [0.3, 0.4) is 0 Å². The van der Waals surface area contributed by atoms with Crippen LogP contribution in [0.2, 0.25) is 5.02 Å². The molecule has 3 nitrogen and oxygen atoms in total. The van der Waals surface area contributed by atoms with Gasteiger partial charge in [0, 0.05) is 17.6 Å². The highest BCUT2D eigenvalue weighted by atomic mass is 35.5. The van der Waals surface area contributed by atoms with Gasteiger partial charge in [-0.05, 0) is 38.0 Å². The number of hydrogen-bond acceptors (Lipinski definition) is 1. The van der Waals surface area contributed by atoms with Crippen molar-refractivity contribution in [3.8, 4) is 0 Å². The highest BCUT2D eigenvalue weighted by Crippen LogP contribution is 2.10. The summed E-state index contributed by atoms with van der Waals surface area (Å²) >= 11 is 5.86. The average molecular weight is 241 g/mol. The Morgan fingerprint density at radius 3 is 2.81 bits per heavy atom. The molecule has 2 N–H and O–H groups in total. The summed E-state index contributed by atoms with van der Waals surface area (Å²) in [5.41, 5.74) is 1.12. The fourth-order valence-corrected chi connectivity index (χ4v) is 1.54. The molecule has 0 aromatic heterocycles. The zero-order valence-corrected chi connectivity index (χ0v) is 10.3. The Labute approximate surface area is 101 Å². The molecule has 0 bridgehead atoms. The molecule has 0 atom stereocenters. The molecule has 0 aliphatic heterocycles. The van der Waals surface area contributed by atoms with E-state index in [1.54, 1.807) is 0 Å². The third-order valence-electron chi connectivity index (χ3n) is 2.01. The zero-order chi connectivity index (χ0) is 12.0. The Hall–Kier alpha value is -1.22. The van der Waals surface area contributed by atoms with Gasteiger partial charge in [0.1, 0.15) is 0 Å². The molecule has 1 rings (SSSR count). The second-order valence-electron chi connectivity index (χ2n) is 3.93. The predicted octanol–water partition coefficient (Wildman–Crippen LogP) is 2.59. The van der Waals surface area contributed by atoms with E-state index in [0.717, 1.165) is 17.0 Å². The SMILES string of the molecule is CC(C)NC(=O)NCCc1cccc(Cl)c1. The summed E-state index contributed by atoms with van der Waals surface area (Å²) in [6, 6.07) is 7.68. The van der Waals surface area contributed by atoms with Crippen molar-refractivity contribution in [2.24, 2.45) is 0 Å². The molecule has 0 radical (unpaired) electrons. The Kier molecular flexibility index (Phi) is 5.12. The first kappa shape index (κ1) is 12.8. The summed E-state index contributed by atoms with van der Waals surface area (Å²) in [6.45, 7) is 4.46. The molecule has 16 heavy (non-hydrogen) atoms. The van der Waals surface area contributed by atoms with Crippen molar-refractivity contribution in [1.29, 1.82) is 0 Å². The van der Waals surface area contributed by atoms with Crippen LogP contribution in [0, 0.1) is 0 Å². The normalized spacial score (nSPS) is 10.2. The van der Waals surface area contributed by atoms with Gasteiger partial charge in [0.05, 0.1) is 0 Å². The lowest BCUT2D eigenvalue weighted by Gasteiger charge is -2.09. The minimum absolute atomic E-state index is 0.128. The van der Waals surface area contributed by atoms with Crippen LogP contribution in [0.15, 0.2) is 24.3 Å². The molecule has 0 aliphatic carbocycles. The van der Waals surface area contributed by atoms with Crippen molar-refractivity contribution in [2.75, 3.05) is 6.54 Å². The minimum atomic E-state index is -0.128. The number of halogens is 1. The van der Waals surface area contributed by atoms with Gasteiger partial charge in [-0.15, -0.1) is 0 Å². The summed E-state index contributed by atoms with van der Waals surface area (Å²) in [5, 5.41) is 6.28. The Morgan fingerprint density at radius 1 is 1.44 bits per heavy atom. The zero-order valence-electron chi connectivity index (χ0n) is 9.59. The highest BCUT2D eigenvalue weighted by Gasteiger charge is 2.01. The van der Waals surface area contributed by atoms with Gasteiger partial charge in [-0.2, -0.15) is 0 Å². The van der Waals surface area contributed by atoms with Crippen molar-refractivity contribution in [1.82, 2.24) is 10.6 Å². The summed E-state index contributed by atoms with van der Waals surface area (Å²) in [4.78, 5) is 11.3. The van der Waals surface area contributed by atoms with Crippen LogP contribution in [-0.2, 0) is 6.42 Å². The Balaban J connectivity index is 2.28. The van der Waals surface area contributed by atoms with Crippen LogP contribution in [0.1, 0.15) is 19.4 Å². The first-order valence-corrected chi connectivity index (χ1v) is 5.74. The Morgan fingerprint density at radius 2 is 2.19 bits per heavy atom. The maximum Gasteiger partial charge on any atom is 0.314 e. The van der Waals surface area contributed by atoms with Crippen molar-refractivity contribution in [3.05, 3.63) is 34.9 Å². The molecule has 0 heterocycles. The van der Waals surface area contributed by atoms with Gasteiger partial charge in [0.15, 0.2) is 0 Å². The Bertz CT molecular complexity index is 353. The van der Waals surface area contributed by atoms with Gasteiger partial charge >= 0.3 is 6.03 Å². The molecule has 0 aliphatic rings. The summed E-state index contributed by atoms with van der Waals surface area (Å²) in [5.74, 6) is 0. The van der Waals surface area contributed by atoms with E-state index in [0.29, 0.717) is 6.54 Å². The van der Waals surface area contributed by atoms with E-state index in [4.69, 9.17) is 11.6 Å². The quantitative estimate of drug-likeness (QED) is 0.835. The van der Waals surface area contributed by atoms with E-state index < -0.39 is 0 Å². The standard InChI is InChI=1S/C12H17ClN2O/c1-9(2)15-12(16)14-7-6-10-4-3-5-11(13)8-10/h3-5,8-9H,6-7H2,1-2H3,(H2,14,15,16). The van der Waals surface area contributed by atoms with E-state index in [2.05, 4.69) is 10.6 Å². The van der Waals surface area contributed by atoms with Crippen LogP contribution in [0.25, 0.3) is 0 Å². The first-order chi connectivity index (χ1) is 7.58. The van der Waals surface area contributed by atoms with Crippen LogP contribution in [0.4, 0.5) is 4.79 Å². The van der Waals surface area contributed by atoms with Crippen LogP contribution >= 0.6 is 11.6 Å². The summed E-state index contributed by atoms with van der Waals surface area (Å²) in [7, 11) is 0. The fraction of sp³-hybridized carbons (Fsp3) is 0.417. The van der Waals surface area contributed by atoms with Crippen molar-refractivity contribution in [2.45, 2.75) is 26.3 Å². The molecule has 88 valence electrons. The number of amides is 2. The molecule has 0 unspecified atom stereocenters. The van der Waals surface area contributed by atoms with E-state index >= 15 is 0 Å². The number of benzene rings is 1. The monoisotopic (exact) mass is 240 g/mol. The lowest BCUT2D eigenvalue weighted by Crippen LogP contribution is -2.40. The predicted molar refractivity (Wildman–Crippen MR) is 66.8 cm³/mol. The third kappa shape index (κ3) is 5.03. The van der Waals surface area contributed by atoms with Gasteiger partial charge in [-0.25, -0.2) is 4.79 Å². The van der Waals surface area contributed by atoms with Crippen molar-refractivity contribution in [3.63, 3.8) is 0 Å². The van der Waals surface area contributed by atoms with Gasteiger partial charge in [0.25, 0.3) is 0 Å². The number of nitrogens with one attached hydrogen (secondary N) is 2. The molecular weight excluding hydrogens is 224 g/mol. The van der Waals surface area contributed by atoms with Gasteiger partial charge in [-0.1, -0.05) is 23.7 Å². The first-order valence-electron chi connectivity index (χ1n) is 5.36. The summed E-state index contributed by atoms with van der Waals surface area (Å²) in [6.07, 6.45) is 0.784. The number of carbonyl (C=O) groups is 1. The maximum atomic E-state index is 11.3. The summed E-state index contributed by atoms with van der Waals surface area (Å²) < 4.78 is 0. The second-order valence-corrected chi connectivity index (χ2v) is 4.37. The van der Waals surface area contributed by atoms with E-state index in [1.807, 2.05) is 38.1 Å². The molecule has 0 spiro atoms. The fourth-order valence-electron chi connectivity index (χ4n) is 1.33. The van der Waals surface area contributed by atoms with E-state index in [-0.39, 0.29) is 12.1 Å². The van der Waals surface area contributed by atoms with Crippen LogP contribution < -0.4 is 10.6 Å². The number of carbonyl (C=O) groups excluding carboxylic acids is 1. The van der Waals surface area contributed by atoms with Crippen LogP contribution in [-0.4, -0.2) is 18.6 Å². The average Bonchev–Trinajstić information content (AvgIpc) is 2.16. The number of rotatable bonds is 4. The van der Waals surface area contributed by atoms with Gasteiger partial charge < -0.3 is 10.6 Å². The lowest BCUT2D eigenvalue weighted by molar-refractivity contribution is 0.238. The van der Waals surface area contributed by atoms with Crippen molar-refractivity contribution >= 4 is 17.6 Å². The second kappa shape index (κ2) is 6.38. The molecule has 0 saturated heterocycles. The largest absolute Gasteiger partial charge is 0.338 e. The molecule has 1 aromatic rings. The topological polar surface area (TPSA) is 41.1 Å².